The molecule has 1 rings (SSSR count). The van der Waals surface area contributed by atoms with Gasteiger partial charge in [-0.25, -0.2) is 0 Å². The van der Waals surface area contributed by atoms with E-state index in [0.717, 1.165) is 12.8 Å². The van der Waals surface area contributed by atoms with Gasteiger partial charge in [0.05, 0.1) is 0 Å². The van der Waals surface area contributed by atoms with Crippen LogP contribution in [0.5, 0.6) is 0 Å². The van der Waals surface area contributed by atoms with Crippen LogP contribution in [0.15, 0.2) is 24.3 Å². The molecule has 0 radical (unpaired) electrons. The molecule has 0 aliphatic carbocycles. The van der Waals surface area contributed by atoms with Crippen molar-refractivity contribution in [3.63, 3.8) is 0 Å². The Hall–Kier alpha value is -0.860. The zero-order valence-electron chi connectivity index (χ0n) is 12.6. The molecule has 0 aromatic heterocycles. The van der Waals surface area contributed by atoms with Gasteiger partial charge in [0.25, 0.3) is 0 Å². The van der Waals surface area contributed by atoms with E-state index in [2.05, 4.69) is 38.1 Å². The molecule has 2 heteroatoms. The summed E-state index contributed by atoms with van der Waals surface area (Å²) in [5.74, 6) is 1.04. The summed E-state index contributed by atoms with van der Waals surface area (Å²) in [6.45, 7) is 5.88. The van der Waals surface area contributed by atoms with Crippen molar-refractivity contribution in [2.75, 3.05) is 13.1 Å². The maximum atomic E-state index is 5.76. The van der Waals surface area contributed by atoms with Crippen LogP contribution >= 0.6 is 0 Å². The Morgan fingerprint density at radius 2 is 1.63 bits per heavy atom. The van der Waals surface area contributed by atoms with Crippen molar-refractivity contribution in [1.82, 2.24) is 0 Å². The van der Waals surface area contributed by atoms with Gasteiger partial charge in [0.2, 0.25) is 0 Å². The lowest BCUT2D eigenvalue weighted by Crippen LogP contribution is -2.25. The molecule has 19 heavy (non-hydrogen) atoms. The molecule has 0 spiro atoms. The molecule has 1 aromatic rings. The van der Waals surface area contributed by atoms with Crippen molar-refractivity contribution >= 4 is 0 Å². The molecule has 1 aromatic carbocycles. The number of aryl methyl sites for hydroxylation is 1. The number of rotatable bonds is 9. The third-order valence-electron chi connectivity index (χ3n) is 4.05. The van der Waals surface area contributed by atoms with Crippen LogP contribution in [0.4, 0.5) is 0 Å². The van der Waals surface area contributed by atoms with Gasteiger partial charge in [0, 0.05) is 0 Å². The smallest absolute Gasteiger partial charge is 0.00366 e. The number of hydrogen-bond donors (Lipinski definition) is 2. The average molecular weight is 262 g/mol. The van der Waals surface area contributed by atoms with E-state index in [-0.39, 0.29) is 0 Å². The van der Waals surface area contributed by atoms with E-state index in [4.69, 9.17) is 11.5 Å². The van der Waals surface area contributed by atoms with E-state index >= 15 is 0 Å². The fraction of sp³-hybridized carbons (Fsp3) is 0.647. The molecule has 4 N–H and O–H groups in total. The summed E-state index contributed by atoms with van der Waals surface area (Å²) in [5, 5.41) is 0. The van der Waals surface area contributed by atoms with Crippen molar-refractivity contribution in [3.8, 4) is 0 Å². The fourth-order valence-electron chi connectivity index (χ4n) is 2.57. The monoisotopic (exact) mass is 262 g/mol. The van der Waals surface area contributed by atoms with Gasteiger partial charge in [-0.15, -0.1) is 0 Å². The minimum Gasteiger partial charge on any atom is -0.330 e. The number of benzene rings is 1. The first-order valence-electron chi connectivity index (χ1n) is 7.74. The van der Waals surface area contributed by atoms with Crippen LogP contribution in [0.2, 0.25) is 0 Å². The molecule has 0 heterocycles. The average Bonchev–Trinajstić information content (AvgIpc) is 2.47. The van der Waals surface area contributed by atoms with Gasteiger partial charge in [-0.2, -0.15) is 0 Å². The maximum Gasteiger partial charge on any atom is -0.00366 e. The van der Waals surface area contributed by atoms with Crippen molar-refractivity contribution in [2.24, 2.45) is 17.4 Å². The Morgan fingerprint density at radius 1 is 1.00 bits per heavy atom. The topological polar surface area (TPSA) is 52.0 Å². The molecule has 2 nitrogen and oxygen atoms in total. The molecule has 0 aliphatic rings. The molecule has 1 unspecified atom stereocenters. The summed E-state index contributed by atoms with van der Waals surface area (Å²) in [5.41, 5.74) is 14.4. The van der Waals surface area contributed by atoms with Gasteiger partial charge in [-0.05, 0) is 61.7 Å². The molecule has 108 valence electrons. The second kappa shape index (κ2) is 9.11. The Labute approximate surface area is 118 Å². The number of unbranched alkanes of at least 4 members (excludes halogenated alkanes) is 1. The lowest BCUT2D eigenvalue weighted by atomic mass is 9.86. The largest absolute Gasteiger partial charge is 0.330 e. The standard InChI is InChI=1S/C17H30N2/c1-3-5-6-14-7-9-17(10-8-14)16(4-2)11-15(12-18)13-19/h7-10,15-16H,3-6,11-13,18-19H2,1-2H3. The van der Waals surface area contributed by atoms with Crippen molar-refractivity contribution < 1.29 is 0 Å². The van der Waals surface area contributed by atoms with Crippen LogP contribution in [0, 0.1) is 5.92 Å². The van der Waals surface area contributed by atoms with E-state index in [1.54, 1.807) is 0 Å². The molecule has 0 bridgehead atoms. The van der Waals surface area contributed by atoms with Gasteiger partial charge < -0.3 is 11.5 Å². The van der Waals surface area contributed by atoms with Crippen LogP contribution in [0.1, 0.15) is 56.6 Å². The van der Waals surface area contributed by atoms with Gasteiger partial charge in [0.1, 0.15) is 0 Å². The summed E-state index contributed by atoms with van der Waals surface area (Å²) in [6.07, 6.45) is 6.00. The first-order valence-corrected chi connectivity index (χ1v) is 7.74. The second-order valence-electron chi connectivity index (χ2n) is 5.52. The third kappa shape index (κ3) is 5.33. The minimum atomic E-state index is 0.449. The molecule has 0 amide bonds. The first kappa shape index (κ1) is 16.2. The van der Waals surface area contributed by atoms with Gasteiger partial charge in [-0.1, -0.05) is 44.5 Å². The normalized spacial score (nSPS) is 12.9. The minimum absolute atomic E-state index is 0.449. The highest BCUT2D eigenvalue weighted by Crippen LogP contribution is 2.27. The van der Waals surface area contributed by atoms with Gasteiger partial charge >= 0.3 is 0 Å². The van der Waals surface area contributed by atoms with Crippen LogP contribution in [0.25, 0.3) is 0 Å². The third-order valence-corrected chi connectivity index (χ3v) is 4.05. The van der Waals surface area contributed by atoms with Crippen LogP contribution in [-0.2, 0) is 6.42 Å². The second-order valence-corrected chi connectivity index (χ2v) is 5.52. The summed E-state index contributed by atoms with van der Waals surface area (Å²) in [6, 6.07) is 9.16. The predicted octanol–water partition coefficient (Wildman–Crippen LogP) is 3.45. The number of hydrogen-bond acceptors (Lipinski definition) is 2. The predicted molar refractivity (Wildman–Crippen MR) is 84.3 cm³/mol. The lowest BCUT2D eigenvalue weighted by molar-refractivity contribution is 0.442. The SMILES string of the molecule is CCCCc1ccc(C(CC)CC(CN)CN)cc1. The first-order chi connectivity index (χ1) is 9.24. The molecule has 1 atom stereocenters. The van der Waals surface area contributed by atoms with Crippen LogP contribution < -0.4 is 11.5 Å². The number of nitrogens with two attached hydrogens (primary N) is 2. The van der Waals surface area contributed by atoms with E-state index < -0.39 is 0 Å². The molecule has 0 fully saturated rings. The summed E-state index contributed by atoms with van der Waals surface area (Å²) < 4.78 is 0. The van der Waals surface area contributed by atoms with Crippen molar-refractivity contribution in [3.05, 3.63) is 35.4 Å². The van der Waals surface area contributed by atoms with Crippen LogP contribution in [0.3, 0.4) is 0 Å². The van der Waals surface area contributed by atoms with E-state index in [1.807, 2.05) is 0 Å². The highest BCUT2D eigenvalue weighted by Gasteiger charge is 2.14. The molecular formula is C17H30N2. The van der Waals surface area contributed by atoms with Crippen molar-refractivity contribution in [2.45, 2.75) is 51.9 Å². The lowest BCUT2D eigenvalue weighted by Gasteiger charge is -2.21. The van der Waals surface area contributed by atoms with Crippen LogP contribution in [-0.4, -0.2) is 13.1 Å². The van der Waals surface area contributed by atoms with E-state index in [0.29, 0.717) is 24.9 Å². The quantitative estimate of drug-likeness (QED) is 0.716. The summed E-state index contributed by atoms with van der Waals surface area (Å²) in [7, 11) is 0. The molecule has 0 saturated carbocycles. The van der Waals surface area contributed by atoms with E-state index in [9.17, 15) is 0 Å². The molecular weight excluding hydrogens is 232 g/mol. The maximum absolute atomic E-state index is 5.76. The zero-order valence-corrected chi connectivity index (χ0v) is 12.6. The highest BCUT2D eigenvalue weighted by atomic mass is 14.6. The molecule has 0 saturated heterocycles. The van der Waals surface area contributed by atoms with E-state index in [1.165, 1.54) is 30.4 Å². The summed E-state index contributed by atoms with van der Waals surface area (Å²) >= 11 is 0. The fourth-order valence-corrected chi connectivity index (χ4v) is 2.57. The molecule has 0 aliphatic heterocycles. The Balaban J connectivity index is 2.65. The zero-order chi connectivity index (χ0) is 14.1. The van der Waals surface area contributed by atoms with Gasteiger partial charge in [0.15, 0.2) is 0 Å². The van der Waals surface area contributed by atoms with Gasteiger partial charge in [-0.3, -0.25) is 0 Å². The highest BCUT2D eigenvalue weighted by molar-refractivity contribution is 5.25. The summed E-state index contributed by atoms with van der Waals surface area (Å²) in [4.78, 5) is 0. The Bertz CT molecular complexity index is 328. The Morgan fingerprint density at radius 3 is 2.11 bits per heavy atom. The Kier molecular flexibility index (Phi) is 7.76. The van der Waals surface area contributed by atoms with Crippen molar-refractivity contribution in [1.29, 1.82) is 0 Å².